The van der Waals surface area contributed by atoms with Gasteiger partial charge in [0.15, 0.2) is 0 Å². The number of aryl methyl sites for hydroxylation is 1. The molecule has 4 nitrogen and oxygen atoms in total. The van der Waals surface area contributed by atoms with Gasteiger partial charge in [0, 0.05) is 44.8 Å². The molecule has 0 bridgehead atoms. The van der Waals surface area contributed by atoms with Crippen LogP contribution in [0.1, 0.15) is 27.0 Å². The molecule has 0 radical (unpaired) electrons. The molecule has 0 spiro atoms. The molecule has 0 unspecified atom stereocenters. The lowest BCUT2D eigenvalue weighted by Gasteiger charge is -2.08. The Hall–Kier alpha value is -3.08. The van der Waals surface area contributed by atoms with Gasteiger partial charge in [-0.1, -0.05) is 65.7 Å². The fraction of sp³-hybridized carbons (Fsp3) is 0.0833. The van der Waals surface area contributed by atoms with Gasteiger partial charge in [0.05, 0.1) is 6.21 Å². The average Bonchev–Trinajstić information content (AvgIpc) is 3.08. The summed E-state index contributed by atoms with van der Waals surface area (Å²) in [5, 5.41) is 6.45. The lowest BCUT2D eigenvalue weighted by molar-refractivity contribution is 0.0954. The van der Waals surface area contributed by atoms with Gasteiger partial charge in [-0.2, -0.15) is 5.10 Å². The van der Waals surface area contributed by atoms with E-state index >= 15 is 0 Å². The lowest BCUT2D eigenvalue weighted by Crippen LogP contribution is -2.18. The summed E-state index contributed by atoms with van der Waals surface area (Å²) in [6.45, 7) is 2.49. The first-order valence-electron chi connectivity index (χ1n) is 9.44. The van der Waals surface area contributed by atoms with Gasteiger partial charge >= 0.3 is 0 Å². The number of amides is 1. The van der Waals surface area contributed by atoms with Gasteiger partial charge in [0.2, 0.25) is 0 Å². The molecule has 1 amide bonds. The molecule has 6 heteroatoms. The van der Waals surface area contributed by atoms with Crippen LogP contribution in [-0.2, 0) is 6.54 Å². The van der Waals surface area contributed by atoms with E-state index in [1.54, 1.807) is 18.3 Å². The van der Waals surface area contributed by atoms with Crippen LogP contribution >= 0.6 is 23.2 Å². The van der Waals surface area contributed by atoms with Crippen molar-refractivity contribution >= 4 is 46.2 Å². The van der Waals surface area contributed by atoms with Crippen LogP contribution in [0.25, 0.3) is 10.9 Å². The van der Waals surface area contributed by atoms with E-state index in [4.69, 9.17) is 23.2 Å². The Bertz CT molecular complexity index is 1260. The summed E-state index contributed by atoms with van der Waals surface area (Å²) in [6, 6.07) is 21.0. The monoisotopic (exact) mass is 435 g/mol. The van der Waals surface area contributed by atoms with Crippen LogP contribution in [0.4, 0.5) is 0 Å². The van der Waals surface area contributed by atoms with E-state index in [1.807, 2.05) is 67.7 Å². The van der Waals surface area contributed by atoms with Crippen molar-refractivity contribution in [1.82, 2.24) is 9.99 Å². The smallest absolute Gasteiger partial charge is 0.271 e. The number of halogens is 2. The van der Waals surface area contributed by atoms with Crippen LogP contribution in [0.15, 0.2) is 78.0 Å². The van der Waals surface area contributed by atoms with Crippen LogP contribution in [0.3, 0.4) is 0 Å². The first kappa shape index (κ1) is 20.2. The van der Waals surface area contributed by atoms with E-state index in [9.17, 15) is 4.79 Å². The molecule has 0 aliphatic carbocycles. The number of hydrogen-bond acceptors (Lipinski definition) is 2. The molecule has 0 fully saturated rings. The molecular weight excluding hydrogens is 417 g/mol. The molecule has 0 saturated heterocycles. The fourth-order valence-electron chi connectivity index (χ4n) is 3.39. The second-order valence-corrected chi connectivity index (χ2v) is 7.82. The predicted octanol–water partition coefficient (Wildman–Crippen LogP) is 6.07. The van der Waals surface area contributed by atoms with Gasteiger partial charge in [-0.25, -0.2) is 5.43 Å². The topological polar surface area (TPSA) is 46.4 Å². The molecule has 4 rings (SSSR count). The first-order valence-corrected chi connectivity index (χ1v) is 10.2. The number of carbonyl (C=O) groups is 1. The highest BCUT2D eigenvalue weighted by Gasteiger charge is 2.10. The zero-order valence-electron chi connectivity index (χ0n) is 16.3. The van der Waals surface area contributed by atoms with E-state index in [0.717, 1.165) is 27.6 Å². The highest BCUT2D eigenvalue weighted by Crippen LogP contribution is 2.25. The van der Waals surface area contributed by atoms with E-state index in [1.165, 1.54) is 0 Å². The Morgan fingerprint density at radius 3 is 2.63 bits per heavy atom. The maximum absolute atomic E-state index is 12.4. The summed E-state index contributed by atoms with van der Waals surface area (Å²) in [4.78, 5) is 12.4. The van der Waals surface area contributed by atoms with Crippen LogP contribution < -0.4 is 5.43 Å². The number of nitrogens with one attached hydrogen (secondary N) is 1. The molecule has 30 heavy (non-hydrogen) atoms. The number of hydrazone groups is 1. The molecule has 1 aromatic heterocycles. The van der Waals surface area contributed by atoms with Crippen LogP contribution in [0, 0.1) is 6.92 Å². The van der Waals surface area contributed by atoms with Gasteiger partial charge in [-0.3, -0.25) is 4.79 Å². The molecule has 3 aromatic carbocycles. The Morgan fingerprint density at radius 1 is 1.07 bits per heavy atom. The maximum Gasteiger partial charge on any atom is 0.271 e. The summed E-state index contributed by atoms with van der Waals surface area (Å²) >= 11 is 12.4. The number of para-hydroxylation sites is 1. The van der Waals surface area contributed by atoms with Crippen LogP contribution in [0.5, 0.6) is 0 Å². The van der Waals surface area contributed by atoms with Gasteiger partial charge in [-0.15, -0.1) is 0 Å². The maximum atomic E-state index is 12.4. The Morgan fingerprint density at radius 2 is 1.83 bits per heavy atom. The Balaban J connectivity index is 1.60. The third kappa shape index (κ3) is 4.25. The number of fused-ring (bicyclic) bond motifs is 1. The quantitative estimate of drug-likeness (QED) is 0.300. The largest absolute Gasteiger partial charge is 0.342 e. The van der Waals surface area contributed by atoms with Gasteiger partial charge in [0.25, 0.3) is 5.91 Å². The van der Waals surface area contributed by atoms with Gasteiger partial charge in [0.1, 0.15) is 0 Å². The van der Waals surface area contributed by atoms with Gasteiger partial charge < -0.3 is 4.57 Å². The summed E-state index contributed by atoms with van der Waals surface area (Å²) in [5.74, 6) is -0.235. The molecular formula is C24H19Cl2N3O. The molecule has 0 saturated carbocycles. The summed E-state index contributed by atoms with van der Waals surface area (Å²) in [7, 11) is 0. The zero-order valence-corrected chi connectivity index (χ0v) is 17.8. The third-order valence-electron chi connectivity index (χ3n) is 4.93. The van der Waals surface area contributed by atoms with Crippen molar-refractivity contribution in [3.05, 3.63) is 105 Å². The number of benzene rings is 3. The van der Waals surface area contributed by atoms with Crippen molar-refractivity contribution in [2.75, 3.05) is 0 Å². The van der Waals surface area contributed by atoms with Crippen molar-refractivity contribution in [3.8, 4) is 0 Å². The molecule has 0 aliphatic heterocycles. The number of hydrogen-bond donors (Lipinski definition) is 1. The van der Waals surface area contributed by atoms with E-state index in [-0.39, 0.29) is 5.91 Å². The van der Waals surface area contributed by atoms with Crippen molar-refractivity contribution in [2.24, 2.45) is 5.10 Å². The summed E-state index contributed by atoms with van der Waals surface area (Å²) in [6.07, 6.45) is 3.66. The van der Waals surface area contributed by atoms with Crippen molar-refractivity contribution < 1.29 is 4.79 Å². The molecule has 1 N–H and O–H groups in total. The molecule has 4 aromatic rings. The van der Waals surface area contributed by atoms with E-state index in [2.05, 4.69) is 15.1 Å². The van der Waals surface area contributed by atoms with Crippen LogP contribution in [0.2, 0.25) is 10.0 Å². The van der Waals surface area contributed by atoms with Crippen molar-refractivity contribution in [1.29, 1.82) is 0 Å². The molecule has 150 valence electrons. The predicted molar refractivity (Wildman–Crippen MR) is 124 cm³/mol. The number of carbonyl (C=O) groups excluding carboxylic acids is 1. The normalized spacial score (nSPS) is 11.3. The number of aromatic nitrogens is 1. The zero-order chi connectivity index (χ0) is 21.1. The summed E-state index contributed by atoms with van der Waals surface area (Å²) < 4.78 is 2.11. The summed E-state index contributed by atoms with van der Waals surface area (Å²) in [5.41, 5.74) is 7.05. The van der Waals surface area contributed by atoms with E-state index in [0.29, 0.717) is 22.2 Å². The highest BCUT2D eigenvalue weighted by atomic mass is 35.5. The van der Waals surface area contributed by atoms with Gasteiger partial charge in [-0.05, 0) is 42.3 Å². The van der Waals surface area contributed by atoms with Crippen molar-refractivity contribution in [3.63, 3.8) is 0 Å². The van der Waals surface area contributed by atoms with Crippen molar-refractivity contribution in [2.45, 2.75) is 13.5 Å². The minimum atomic E-state index is -0.235. The van der Waals surface area contributed by atoms with Crippen LogP contribution in [-0.4, -0.2) is 16.7 Å². The molecule has 0 aliphatic rings. The second-order valence-electron chi connectivity index (χ2n) is 6.98. The number of nitrogens with zero attached hydrogens (tertiary/aromatic N) is 2. The average molecular weight is 436 g/mol. The lowest BCUT2D eigenvalue weighted by atomic mass is 10.1. The second kappa shape index (κ2) is 8.74. The highest BCUT2D eigenvalue weighted by molar-refractivity contribution is 6.35. The number of rotatable bonds is 5. The molecule has 1 heterocycles. The molecule has 0 atom stereocenters. The standard InChI is InChI=1S/C24H19Cl2N3O/c1-16-6-2-3-7-20(16)24(30)28-27-13-18-15-29(23-9-5-4-8-21(18)23)14-17-10-11-19(25)12-22(17)26/h2-13,15H,14H2,1H3,(H,28,30)/b27-13-. The minimum Gasteiger partial charge on any atom is -0.342 e. The van der Waals surface area contributed by atoms with E-state index < -0.39 is 0 Å². The first-order chi connectivity index (χ1) is 14.5. The third-order valence-corrected chi connectivity index (χ3v) is 5.52. The SMILES string of the molecule is Cc1ccccc1C(=O)N/N=C\c1cn(Cc2ccc(Cl)cc2Cl)c2ccccc12. The fourth-order valence-corrected chi connectivity index (χ4v) is 3.86. The Kier molecular flexibility index (Phi) is 5.88. The minimum absolute atomic E-state index is 0.235. The Labute approximate surface area is 184 Å².